The number of aromatic nitrogens is 3. The van der Waals surface area contributed by atoms with Crippen LogP contribution in [-0.4, -0.2) is 20.9 Å². The van der Waals surface area contributed by atoms with Gasteiger partial charge in [0.1, 0.15) is 4.60 Å². The summed E-state index contributed by atoms with van der Waals surface area (Å²) < 4.78 is 2.77. The van der Waals surface area contributed by atoms with Crippen LogP contribution in [0.4, 0.5) is 0 Å². The highest BCUT2D eigenvalue weighted by atomic mass is 79.9. The van der Waals surface area contributed by atoms with Crippen molar-refractivity contribution in [3.05, 3.63) is 22.9 Å². The van der Waals surface area contributed by atoms with Gasteiger partial charge < -0.3 is 0 Å². The van der Waals surface area contributed by atoms with E-state index in [9.17, 15) is 0 Å². The summed E-state index contributed by atoms with van der Waals surface area (Å²) in [5.41, 5.74) is 1.000. The van der Waals surface area contributed by atoms with E-state index in [-0.39, 0.29) is 0 Å². The monoisotopic (exact) mass is 273 g/mol. The summed E-state index contributed by atoms with van der Waals surface area (Å²) in [6.45, 7) is 4.00. The van der Waals surface area contributed by atoms with Gasteiger partial charge in [-0.15, -0.1) is 5.10 Å². The normalized spacial score (nSPS) is 9.71. The Morgan fingerprint density at radius 3 is 2.71 bits per heavy atom. The Balaban J connectivity index is 0.000000461. The van der Waals surface area contributed by atoms with Crippen LogP contribution in [0.2, 0.25) is 0 Å². The van der Waals surface area contributed by atoms with Gasteiger partial charge in [0.2, 0.25) is 5.16 Å². The highest BCUT2D eigenvalue weighted by Gasteiger charge is 2.00. The van der Waals surface area contributed by atoms with E-state index in [4.69, 9.17) is 0 Å². The van der Waals surface area contributed by atoms with Crippen molar-refractivity contribution < 1.29 is 0 Å². The van der Waals surface area contributed by atoms with E-state index in [2.05, 4.69) is 26.0 Å². The van der Waals surface area contributed by atoms with E-state index in [1.165, 1.54) is 11.8 Å². The van der Waals surface area contributed by atoms with E-state index in [1.54, 1.807) is 0 Å². The second-order valence-electron chi connectivity index (χ2n) is 2.24. The Kier molecular flexibility index (Phi) is 4.41. The third kappa shape index (κ3) is 2.27. The summed E-state index contributed by atoms with van der Waals surface area (Å²) in [5, 5.41) is 5.05. The molecule has 0 saturated heterocycles. The molecule has 0 radical (unpaired) electrons. The van der Waals surface area contributed by atoms with Crippen molar-refractivity contribution in [2.75, 3.05) is 6.26 Å². The molecule has 0 unspecified atom stereocenters. The van der Waals surface area contributed by atoms with E-state index < -0.39 is 0 Å². The smallest absolute Gasteiger partial charge is 0.207 e. The van der Waals surface area contributed by atoms with Gasteiger partial charge in [-0.1, -0.05) is 25.6 Å². The van der Waals surface area contributed by atoms with Crippen molar-refractivity contribution in [2.45, 2.75) is 19.0 Å². The number of rotatable bonds is 1. The molecule has 2 heterocycles. The maximum atomic E-state index is 4.27. The van der Waals surface area contributed by atoms with Crippen molar-refractivity contribution in [1.82, 2.24) is 14.6 Å². The summed E-state index contributed by atoms with van der Waals surface area (Å²) in [5.74, 6) is 0. The minimum Gasteiger partial charge on any atom is -0.228 e. The van der Waals surface area contributed by atoms with Gasteiger partial charge in [-0.25, -0.2) is 9.50 Å². The lowest BCUT2D eigenvalue weighted by molar-refractivity contribution is 0.787. The Morgan fingerprint density at radius 2 is 2.07 bits per heavy atom. The molecule has 2 rings (SSSR count). The Labute approximate surface area is 96.0 Å². The Bertz CT molecular complexity index is 413. The molecule has 0 aliphatic carbocycles. The fourth-order valence-corrected chi connectivity index (χ4v) is 1.69. The Hall–Kier alpha value is -0.550. The molecule has 0 atom stereocenters. The predicted molar refractivity (Wildman–Crippen MR) is 63.8 cm³/mol. The molecule has 3 nitrogen and oxygen atoms in total. The summed E-state index contributed by atoms with van der Waals surface area (Å²) >= 11 is 4.93. The Morgan fingerprint density at radius 1 is 1.36 bits per heavy atom. The minimum absolute atomic E-state index is 0.777. The molecule has 2 aromatic heterocycles. The second-order valence-corrected chi connectivity index (χ2v) is 3.82. The fourth-order valence-electron chi connectivity index (χ4n) is 0.948. The summed E-state index contributed by atoms with van der Waals surface area (Å²) in [7, 11) is 0. The van der Waals surface area contributed by atoms with Gasteiger partial charge >= 0.3 is 0 Å². The van der Waals surface area contributed by atoms with E-state index >= 15 is 0 Å². The molecule has 76 valence electrons. The first-order valence-corrected chi connectivity index (χ1v) is 6.37. The summed E-state index contributed by atoms with van der Waals surface area (Å²) in [4.78, 5) is 4.15. The number of hydrogen-bond donors (Lipinski definition) is 0. The zero-order valence-corrected chi connectivity index (χ0v) is 10.8. The molecular weight excluding hydrogens is 262 g/mol. The number of nitrogens with zero attached hydrogens (tertiary/aromatic N) is 3. The third-order valence-corrected chi connectivity index (χ3v) is 2.67. The maximum Gasteiger partial charge on any atom is 0.207 e. The molecule has 0 aromatic carbocycles. The molecule has 5 heteroatoms. The van der Waals surface area contributed by atoms with Crippen LogP contribution in [0.1, 0.15) is 13.8 Å². The van der Waals surface area contributed by atoms with E-state index in [0.717, 1.165) is 15.3 Å². The average Bonchev–Trinajstić information content (AvgIpc) is 2.63. The van der Waals surface area contributed by atoms with Gasteiger partial charge in [-0.2, -0.15) is 0 Å². The van der Waals surface area contributed by atoms with Gasteiger partial charge in [0.25, 0.3) is 0 Å². The molecule has 0 fully saturated rings. The van der Waals surface area contributed by atoms with Crippen LogP contribution in [-0.2, 0) is 0 Å². The number of thioether (sulfide) groups is 1. The zero-order chi connectivity index (χ0) is 10.6. The van der Waals surface area contributed by atoms with Gasteiger partial charge in [0.05, 0.1) is 11.7 Å². The lowest BCUT2D eigenvalue weighted by atomic mass is 10.5. The summed E-state index contributed by atoms with van der Waals surface area (Å²) in [6, 6.07) is 3.92. The third-order valence-electron chi connectivity index (χ3n) is 1.51. The molecule has 0 amide bonds. The lowest BCUT2D eigenvalue weighted by Gasteiger charge is -1.96. The fraction of sp³-hybridized carbons (Fsp3) is 0.333. The first-order valence-electron chi connectivity index (χ1n) is 4.35. The molecule has 2 aromatic rings. The minimum atomic E-state index is 0.777. The molecule has 0 aliphatic rings. The van der Waals surface area contributed by atoms with Crippen LogP contribution in [0, 0.1) is 0 Å². The van der Waals surface area contributed by atoms with Crippen LogP contribution in [0.15, 0.2) is 28.1 Å². The lowest BCUT2D eigenvalue weighted by Crippen LogP contribution is -1.95. The van der Waals surface area contributed by atoms with Gasteiger partial charge in [-0.05, 0) is 34.3 Å². The van der Waals surface area contributed by atoms with Crippen LogP contribution in [0.5, 0.6) is 0 Å². The molecule has 0 aliphatic heterocycles. The highest BCUT2D eigenvalue weighted by molar-refractivity contribution is 9.10. The van der Waals surface area contributed by atoms with Crippen LogP contribution < -0.4 is 0 Å². The van der Waals surface area contributed by atoms with Gasteiger partial charge in [0, 0.05) is 0 Å². The van der Waals surface area contributed by atoms with Crippen LogP contribution >= 0.6 is 27.7 Å². The zero-order valence-electron chi connectivity index (χ0n) is 8.36. The van der Waals surface area contributed by atoms with Gasteiger partial charge in [0.15, 0.2) is 0 Å². The van der Waals surface area contributed by atoms with Crippen LogP contribution in [0.25, 0.3) is 5.52 Å². The van der Waals surface area contributed by atoms with Crippen molar-refractivity contribution in [2.24, 2.45) is 0 Å². The maximum absolute atomic E-state index is 4.27. The van der Waals surface area contributed by atoms with Gasteiger partial charge in [-0.3, -0.25) is 0 Å². The van der Waals surface area contributed by atoms with Crippen molar-refractivity contribution in [1.29, 1.82) is 0 Å². The number of halogens is 1. The van der Waals surface area contributed by atoms with E-state index in [0.29, 0.717) is 0 Å². The number of hydrogen-bond acceptors (Lipinski definition) is 3. The van der Waals surface area contributed by atoms with Crippen molar-refractivity contribution >= 4 is 33.2 Å². The second kappa shape index (κ2) is 5.36. The molecule has 0 bridgehead atoms. The topological polar surface area (TPSA) is 30.2 Å². The first-order chi connectivity index (χ1) is 6.81. The average molecular weight is 274 g/mol. The molecule has 14 heavy (non-hydrogen) atoms. The van der Waals surface area contributed by atoms with Crippen molar-refractivity contribution in [3.63, 3.8) is 0 Å². The molecule has 0 saturated carbocycles. The summed E-state index contributed by atoms with van der Waals surface area (Å²) in [6.07, 6.45) is 3.77. The molecule has 0 N–H and O–H groups in total. The number of fused-ring (bicyclic) bond motifs is 1. The van der Waals surface area contributed by atoms with Crippen LogP contribution in [0.3, 0.4) is 0 Å². The quantitative estimate of drug-likeness (QED) is 0.748. The van der Waals surface area contributed by atoms with E-state index in [1.807, 2.05) is 42.9 Å². The van der Waals surface area contributed by atoms with Crippen molar-refractivity contribution in [3.8, 4) is 0 Å². The largest absolute Gasteiger partial charge is 0.228 e. The molecular formula is C9H12BrN3S. The highest BCUT2D eigenvalue weighted by Crippen LogP contribution is 2.15. The first kappa shape index (κ1) is 11.5. The molecule has 0 spiro atoms. The SMILES string of the molecule is CC.CSc1ncc2ccc(Br)n2n1. The predicted octanol–water partition coefficient (Wildman–Crippen LogP) is 3.24. The standard InChI is InChI=1S/C7H6BrN3S.C2H6/c1-12-7-9-4-5-2-3-6(8)11(5)10-7;1-2/h2-4H,1H3;1-2H3.